The van der Waals surface area contributed by atoms with E-state index in [0.29, 0.717) is 11.2 Å². The minimum absolute atomic E-state index is 0.0983. The van der Waals surface area contributed by atoms with Crippen molar-refractivity contribution in [3.8, 4) is 0 Å². The highest BCUT2D eigenvalue weighted by Gasteiger charge is 2.21. The predicted octanol–water partition coefficient (Wildman–Crippen LogP) is 5.03. The standard InChI is InChI=1S/C26H26N2O3S2/c1-18(21-12-11-20-9-5-6-10-22(20)15-21)27-33(30,31)23-13-14-24-25(16-23)32-26(29)28(24)17-19-7-3-2-4-8-19/h2-4,7-8,11-16,18,27H,5-6,9-10,17H2,1H3/t18-/m0/s1. The van der Waals surface area contributed by atoms with Gasteiger partial charge in [0.1, 0.15) is 0 Å². The summed E-state index contributed by atoms with van der Waals surface area (Å²) in [5, 5.41) is 0. The van der Waals surface area contributed by atoms with E-state index >= 15 is 0 Å². The SMILES string of the molecule is C[C@H](NS(=O)(=O)c1ccc2c(c1)sc(=O)n2Cc1ccccc1)c1ccc2c(c1)CCCC2. The third kappa shape index (κ3) is 4.53. The summed E-state index contributed by atoms with van der Waals surface area (Å²) in [4.78, 5) is 12.7. The van der Waals surface area contributed by atoms with E-state index in [9.17, 15) is 13.2 Å². The molecular weight excluding hydrogens is 452 g/mol. The molecule has 5 rings (SSSR count). The second kappa shape index (κ2) is 8.89. The lowest BCUT2D eigenvalue weighted by atomic mass is 9.89. The summed E-state index contributed by atoms with van der Waals surface area (Å²) in [6.45, 7) is 2.33. The first-order valence-electron chi connectivity index (χ1n) is 11.2. The van der Waals surface area contributed by atoms with Gasteiger partial charge in [0.25, 0.3) is 0 Å². The van der Waals surface area contributed by atoms with Gasteiger partial charge < -0.3 is 0 Å². The van der Waals surface area contributed by atoms with Crippen LogP contribution in [0.3, 0.4) is 0 Å². The third-order valence-electron chi connectivity index (χ3n) is 6.34. The molecule has 1 atom stereocenters. The van der Waals surface area contributed by atoms with Crippen LogP contribution in [0.4, 0.5) is 0 Å². The number of aryl methyl sites for hydroxylation is 2. The number of benzene rings is 3. The predicted molar refractivity (Wildman–Crippen MR) is 133 cm³/mol. The molecule has 1 aliphatic carbocycles. The lowest BCUT2D eigenvalue weighted by Crippen LogP contribution is -2.27. The first-order valence-corrected chi connectivity index (χ1v) is 13.5. The summed E-state index contributed by atoms with van der Waals surface area (Å²) in [7, 11) is -3.74. The molecule has 33 heavy (non-hydrogen) atoms. The molecule has 0 bridgehead atoms. The number of hydrogen-bond donors (Lipinski definition) is 1. The number of aromatic nitrogens is 1. The zero-order valence-electron chi connectivity index (χ0n) is 18.5. The summed E-state index contributed by atoms with van der Waals surface area (Å²) in [6, 6.07) is 20.6. The Balaban J connectivity index is 1.40. The van der Waals surface area contributed by atoms with Crippen molar-refractivity contribution in [2.75, 3.05) is 0 Å². The summed E-state index contributed by atoms with van der Waals surface area (Å²) in [5.74, 6) is 0. The van der Waals surface area contributed by atoms with Crippen molar-refractivity contribution in [3.05, 3.63) is 98.7 Å². The summed E-state index contributed by atoms with van der Waals surface area (Å²) in [5.41, 5.74) is 5.45. The number of thiazole rings is 1. The summed E-state index contributed by atoms with van der Waals surface area (Å²) < 4.78 is 31.4. The Bertz CT molecular complexity index is 1470. The van der Waals surface area contributed by atoms with Crippen LogP contribution < -0.4 is 9.60 Å². The highest BCUT2D eigenvalue weighted by molar-refractivity contribution is 7.89. The van der Waals surface area contributed by atoms with E-state index in [-0.39, 0.29) is 15.8 Å². The van der Waals surface area contributed by atoms with Crippen molar-refractivity contribution in [2.24, 2.45) is 0 Å². The Morgan fingerprint density at radius 2 is 1.73 bits per heavy atom. The van der Waals surface area contributed by atoms with Gasteiger partial charge in [-0.1, -0.05) is 59.9 Å². The van der Waals surface area contributed by atoms with Crippen LogP contribution in [0.25, 0.3) is 10.2 Å². The van der Waals surface area contributed by atoms with E-state index in [1.165, 1.54) is 24.0 Å². The van der Waals surface area contributed by atoms with E-state index in [1.54, 1.807) is 22.8 Å². The quantitative estimate of drug-likeness (QED) is 0.423. The molecular formula is C26H26N2O3S2. The van der Waals surface area contributed by atoms with Crippen LogP contribution in [0, 0.1) is 0 Å². The molecule has 5 nitrogen and oxygen atoms in total. The highest BCUT2D eigenvalue weighted by atomic mass is 32.2. The van der Waals surface area contributed by atoms with Gasteiger partial charge in [-0.25, -0.2) is 13.1 Å². The Morgan fingerprint density at radius 3 is 2.52 bits per heavy atom. The molecule has 1 N–H and O–H groups in total. The van der Waals surface area contributed by atoms with Crippen LogP contribution in [0.15, 0.2) is 76.4 Å². The van der Waals surface area contributed by atoms with E-state index in [4.69, 9.17) is 0 Å². The van der Waals surface area contributed by atoms with Gasteiger partial charge in [0.15, 0.2) is 0 Å². The van der Waals surface area contributed by atoms with Crippen LogP contribution in [0.1, 0.15) is 48.1 Å². The van der Waals surface area contributed by atoms with Gasteiger partial charge >= 0.3 is 4.87 Å². The first-order chi connectivity index (χ1) is 15.9. The van der Waals surface area contributed by atoms with E-state index in [1.807, 2.05) is 43.3 Å². The van der Waals surface area contributed by atoms with Crippen LogP contribution in [-0.2, 0) is 29.4 Å². The van der Waals surface area contributed by atoms with Crippen molar-refractivity contribution < 1.29 is 8.42 Å². The Morgan fingerprint density at radius 1 is 0.970 bits per heavy atom. The monoisotopic (exact) mass is 478 g/mol. The van der Waals surface area contributed by atoms with E-state index in [2.05, 4.69) is 16.9 Å². The Labute approximate surface area is 197 Å². The number of nitrogens with one attached hydrogen (secondary N) is 1. The Kier molecular flexibility index (Phi) is 5.95. The minimum Gasteiger partial charge on any atom is -0.294 e. The lowest BCUT2D eigenvalue weighted by molar-refractivity contribution is 0.566. The molecule has 1 heterocycles. The number of sulfonamides is 1. The zero-order chi connectivity index (χ0) is 23.0. The third-order valence-corrected chi connectivity index (χ3v) is 8.82. The maximum absolute atomic E-state index is 13.1. The summed E-state index contributed by atoms with van der Waals surface area (Å²) in [6.07, 6.45) is 4.56. The van der Waals surface area contributed by atoms with Gasteiger partial charge in [-0.05, 0) is 73.1 Å². The van der Waals surface area contributed by atoms with Crippen molar-refractivity contribution in [2.45, 2.75) is 50.1 Å². The van der Waals surface area contributed by atoms with Crippen LogP contribution in [0.5, 0.6) is 0 Å². The Hall–Kier alpha value is -2.74. The normalized spacial score (nSPS) is 14.8. The van der Waals surface area contributed by atoms with Crippen LogP contribution in [-0.4, -0.2) is 13.0 Å². The van der Waals surface area contributed by atoms with Crippen LogP contribution >= 0.6 is 11.3 Å². The number of nitrogens with zero attached hydrogens (tertiary/aromatic N) is 1. The molecule has 4 aromatic rings. The molecule has 1 aromatic heterocycles. The lowest BCUT2D eigenvalue weighted by Gasteiger charge is -2.20. The van der Waals surface area contributed by atoms with Gasteiger partial charge in [0, 0.05) is 6.04 Å². The van der Waals surface area contributed by atoms with Crippen molar-refractivity contribution in [1.82, 2.24) is 9.29 Å². The van der Waals surface area contributed by atoms with Gasteiger partial charge in [0.2, 0.25) is 10.0 Å². The van der Waals surface area contributed by atoms with Gasteiger partial charge in [-0.3, -0.25) is 9.36 Å². The number of fused-ring (bicyclic) bond motifs is 2. The molecule has 0 amide bonds. The highest BCUT2D eigenvalue weighted by Crippen LogP contribution is 2.27. The molecule has 1 aliphatic rings. The van der Waals surface area contributed by atoms with Gasteiger partial charge in [-0.15, -0.1) is 0 Å². The number of rotatable bonds is 6. The fourth-order valence-corrected chi connectivity index (χ4v) is 6.78. The zero-order valence-corrected chi connectivity index (χ0v) is 20.1. The smallest absolute Gasteiger partial charge is 0.294 e. The average molecular weight is 479 g/mol. The summed E-state index contributed by atoms with van der Waals surface area (Å²) >= 11 is 1.07. The van der Waals surface area contributed by atoms with Crippen molar-refractivity contribution >= 4 is 31.6 Å². The molecule has 0 aliphatic heterocycles. The largest absolute Gasteiger partial charge is 0.308 e. The topological polar surface area (TPSA) is 68.2 Å². The fourth-order valence-electron chi connectivity index (χ4n) is 4.52. The first kappa shape index (κ1) is 22.1. The number of hydrogen-bond acceptors (Lipinski definition) is 4. The molecule has 0 fully saturated rings. The molecule has 0 saturated heterocycles. The molecule has 7 heteroatoms. The molecule has 0 saturated carbocycles. The molecule has 0 radical (unpaired) electrons. The van der Waals surface area contributed by atoms with Crippen molar-refractivity contribution in [1.29, 1.82) is 0 Å². The van der Waals surface area contributed by atoms with Crippen molar-refractivity contribution in [3.63, 3.8) is 0 Å². The van der Waals surface area contributed by atoms with Gasteiger partial charge in [-0.2, -0.15) is 0 Å². The second-order valence-electron chi connectivity index (χ2n) is 8.65. The average Bonchev–Trinajstić information content (AvgIpc) is 3.13. The molecule has 0 spiro atoms. The van der Waals surface area contributed by atoms with Crippen LogP contribution in [0.2, 0.25) is 0 Å². The van der Waals surface area contributed by atoms with E-state index < -0.39 is 10.0 Å². The molecule has 3 aromatic carbocycles. The molecule has 170 valence electrons. The second-order valence-corrected chi connectivity index (χ2v) is 11.4. The maximum atomic E-state index is 13.1. The maximum Gasteiger partial charge on any atom is 0.308 e. The van der Waals surface area contributed by atoms with E-state index in [0.717, 1.165) is 40.8 Å². The molecule has 0 unspecified atom stereocenters. The fraction of sp³-hybridized carbons (Fsp3) is 0.269. The van der Waals surface area contributed by atoms with Gasteiger partial charge in [0.05, 0.1) is 21.7 Å². The minimum atomic E-state index is -3.74.